The van der Waals surface area contributed by atoms with Gasteiger partial charge >= 0.3 is 5.97 Å². The predicted molar refractivity (Wildman–Crippen MR) is 83.0 cm³/mol. The second kappa shape index (κ2) is 9.52. The Morgan fingerprint density at radius 2 is 2.19 bits per heavy atom. The largest absolute Gasteiger partial charge is 0.481 e. The van der Waals surface area contributed by atoms with E-state index in [1.807, 2.05) is 13.0 Å². The molecule has 2 N–H and O–H groups in total. The number of unbranched alkanes of at least 4 members (excludes halogenated alkanes) is 1. The van der Waals surface area contributed by atoms with Gasteiger partial charge in [-0.3, -0.25) is 9.59 Å². The van der Waals surface area contributed by atoms with E-state index in [1.54, 1.807) is 18.2 Å². The molecule has 0 bridgehead atoms. The number of hydrogen-bond donors (Lipinski definition) is 2. The SMILES string of the molecule is CCCCOCC(=O)NC(CC(=O)O)c1cccc(Br)c1. The predicted octanol–water partition coefficient (Wildman–Crippen LogP) is 2.90. The lowest BCUT2D eigenvalue weighted by molar-refractivity contribution is -0.138. The van der Waals surface area contributed by atoms with E-state index in [4.69, 9.17) is 9.84 Å². The van der Waals surface area contributed by atoms with Gasteiger partial charge < -0.3 is 15.2 Å². The smallest absolute Gasteiger partial charge is 0.305 e. The monoisotopic (exact) mass is 357 g/mol. The number of aliphatic carboxylic acids is 1. The van der Waals surface area contributed by atoms with Crippen molar-refractivity contribution in [1.29, 1.82) is 0 Å². The van der Waals surface area contributed by atoms with Crippen molar-refractivity contribution < 1.29 is 19.4 Å². The highest BCUT2D eigenvalue weighted by Crippen LogP contribution is 2.20. The van der Waals surface area contributed by atoms with Gasteiger partial charge in [0.05, 0.1) is 12.5 Å². The first-order valence-electron chi connectivity index (χ1n) is 6.87. The molecule has 0 saturated heterocycles. The number of benzene rings is 1. The van der Waals surface area contributed by atoms with E-state index in [1.165, 1.54) is 0 Å². The highest BCUT2D eigenvalue weighted by atomic mass is 79.9. The molecule has 0 saturated carbocycles. The third kappa shape index (κ3) is 7.24. The molecule has 0 aliphatic rings. The molecule has 21 heavy (non-hydrogen) atoms. The van der Waals surface area contributed by atoms with Crippen molar-refractivity contribution in [2.75, 3.05) is 13.2 Å². The zero-order chi connectivity index (χ0) is 15.7. The molecule has 1 unspecified atom stereocenters. The van der Waals surface area contributed by atoms with Crippen LogP contribution in [0.1, 0.15) is 37.8 Å². The van der Waals surface area contributed by atoms with Crippen LogP contribution in [0.4, 0.5) is 0 Å². The zero-order valence-corrected chi connectivity index (χ0v) is 13.6. The average Bonchev–Trinajstić information content (AvgIpc) is 2.42. The number of carboxylic acids is 1. The summed E-state index contributed by atoms with van der Waals surface area (Å²) in [6.45, 7) is 2.52. The van der Waals surface area contributed by atoms with Crippen molar-refractivity contribution >= 4 is 27.8 Å². The number of rotatable bonds is 9. The van der Waals surface area contributed by atoms with Crippen molar-refractivity contribution in [1.82, 2.24) is 5.32 Å². The topological polar surface area (TPSA) is 75.6 Å². The van der Waals surface area contributed by atoms with E-state index in [0.29, 0.717) is 6.61 Å². The number of carboxylic acid groups (broad SMARTS) is 1. The second-order valence-corrected chi connectivity index (χ2v) is 5.59. The third-order valence-electron chi connectivity index (χ3n) is 2.84. The maximum absolute atomic E-state index is 11.8. The minimum atomic E-state index is -0.966. The highest BCUT2D eigenvalue weighted by Gasteiger charge is 2.18. The van der Waals surface area contributed by atoms with E-state index in [-0.39, 0.29) is 18.9 Å². The quantitative estimate of drug-likeness (QED) is 0.666. The van der Waals surface area contributed by atoms with Crippen LogP contribution in [0, 0.1) is 0 Å². The minimum Gasteiger partial charge on any atom is -0.481 e. The molecule has 1 rings (SSSR count). The maximum Gasteiger partial charge on any atom is 0.305 e. The summed E-state index contributed by atoms with van der Waals surface area (Å²) < 4.78 is 6.07. The molecule has 0 aliphatic carbocycles. The molecule has 1 aromatic carbocycles. The molecule has 0 aromatic heterocycles. The zero-order valence-electron chi connectivity index (χ0n) is 12.0. The van der Waals surface area contributed by atoms with Crippen molar-refractivity contribution in [2.45, 2.75) is 32.2 Å². The molecule has 0 radical (unpaired) electrons. The first kappa shape index (κ1) is 17.7. The molecule has 5 nitrogen and oxygen atoms in total. The molecule has 0 spiro atoms. The van der Waals surface area contributed by atoms with E-state index in [9.17, 15) is 9.59 Å². The van der Waals surface area contributed by atoms with Crippen LogP contribution in [-0.2, 0) is 14.3 Å². The van der Waals surface area contributed by atoms with Gasteiger partial charge in [0.15, 0.2) is 0 Å². The first-order valence-corrected chi connectivity index (χ1v) is 7.66. The summed E-state index contributed by atoms with van der Waals surface area (Å²) in [5.41, 5.74) is 0.744. The fourth-order valence-corrected chi connectivity index (χ4v) is 2.21. The molecule has 1 amide bonds. The summed E-state index contributed by atoms with van der Waals surface area (Å²) >= 11 is 3.34. The van der Waals surface area contributed by atoms with Gasteiger partial charge in [0.1, 0.15) is 6.61 Å². The Hall–Kier alpha value is -1.40. The van der Waals surface area contributed by atoms with Gasteiger partial charge in [-0.2, -0.15) is 0 Å². The third-order valence-corrected chi connectivity index (χ3v) is 3.33. The molecule has 1 aromatic rings. The van der Waals surface area contributed by atoms with Gasteiger partial charge in [-0.25, -0.2) is 0 Å². The number of hydrogen-bond acceptors (Lipinski definition) is 3. The van der Waals surface area contributed by atoms with Crippen LogP contribution in [0.25, 0.3) is 0 Å². The Morgan fingerprint density at radius 3 is 2.81 bits per heavy atom. The van der Waals surface area contributed by atoms with Crippen LogP contribution in [0.5, 0.6) is 0 Å². The van der Waals surface area contributed by atoms with Crippen LogP contribution in [-0.4, -0.2) is 30.2 Å². The lowest BCUT2D eigenvalue weighted by atomic mass is 10.0. The summed E-state index contributed by atoms with van der Waals surface area (Å²) in [6.07, 6.45) is 1.73. The maximum atomic E-state index is 11.8. The number of halogens is 1. The Balaban J connectivity index is 2.62. The Kier molecular flexibility index (Phi) is 8.00. The van der Waals surface area contributed by atoms with Gasteiger partial charge in [0, 0.05) is 11.1 Å². The van der Waals surface area contributed by atoms with E-state index < -0.39 is 12.0 Å². The normalized spacial score (nSPS) is 11.9. The van der Waals surface area contributed by atoms with Crippen molar-refractivity contribution in [3.8, 4) is 0 Å². The van der Waals surface area contributed by atoms with Crippen LogP contribution in [0.3, 0.4) is 0 Å². The molecule has 1 atom stereocenters. The van der Waals surface area contributed by atoms with E-state index in [0.717, 1.165) is 22.9 Å². The van der Waals surface area contributed by atoms with Gasteiger partial charge in [0.25, 0.3) is 0 Å². The van der Waals surface area contributed by atoms with E-state index >= 15 is 0 Å². The average molecular weight is 358 g/mol. The molecule has 0 aliphatic heterocycles. The number of nitrogens with one attached hydrogen (secondary N) is 1. The van der Waals surface area contributed by atoms with Gasteiger partial charge in [-0.05, 0) is 24.1 Å². The molecular weight excluding hydrogens is 338 g/mol. The molecule has 116 valence electrons. The standard InChI is InChI=1S/C15H20BrNO4/c1-2-3-7-21-10-14(18)17-13(9-15(19)20)11-5-4-6-12(16)8-11/h4-6,8,13H,2-3,7,9-10H2,1H3,(H,17,18)(H,19,20). The summed E-state index contributed by atoms with van der Waals surface area (Å²) in [6, 6.07) is 6.67. The van der Waals surface area contributed by atoms with Crippen molar-refractivity contribution in [2.24, 2.45) is 0 Å². The van der Waals surface area contributed by atoms with Gasteiger partial charge in [0.2, 0.25) is 5.91 Å². The van der Waals surface area contributed by atoms with Gasteiger partial charge in [-0.1, -0.05) is 41.4 Å². The number of amides is 1. The fourth-order valence-electron chi connectivity index (χ4n) is 1.80. The molecule has 6 heteroatoms. The molecule has 0 fully saturated rings. The summed E-state index contributed by atoms with van der Waals surface area (Å²) in [4.78, 5) is 22.8. The number of carbonyl (C=O) groups is 2. The fraction of sp³-hybridized carbons (Fsp3) is 0.467. The lowest BCUT2D eigenvalue weighted by Crippen LogP contribution is -2.33. The molecular formula is C15H20BrNO4. The first-order chi connectivity index (χ1) is 10.0. The number of ether oxygens (including phenoxy) is 1. The molecule has 0 heterocycles. The lowest BCUT2D eigenvalue weighted by Gasteiger charge is -2.17. The van der Waals surface area contributed by atoms with E-state index in [2.05, 4.69) is 21.2 Å². The van der Waals surface area contributed by atoms with Crippen LogP contribution >= 0.6 is 15.9 Å². The van der Waals surface area contributed by atoms with Crippen LogP contribution in [0.15, 0.2) is 28.7 Å². The van der Waals surface area contributed by atoms with Crippen molar-refractivity contribution in [3.63, 3.8) is 0 Å². The summed E-state index contributed by atoms with van der Waals surface area (Å²) in [5, 5.41) is 11.7. The summed E-state index contributed by atoms with van der Waals surface area (Å²) in [7, 11) is 0. The number of carbonyl (C=O) groups excluding carboxylic acids is 1. The summed E-state index contributed by atoms with van der Waals surface area (Å²) in [5.74, 6) is -1.27. The van der Waals surface area contributed by atoms with Crippen LogP contribution in [0.2, 0.25) is 0 Å². The van der Waals surface area contributed by atoms with Crippen LogP contribution < -0.4 is 5.32 Å². The Labute approximate surface area is 132 Å². The Morgan fingerprint density at radius 1 is 1.43 bits per heavy atom. The van der Waals surface area contributed by atoms with Gasteiger partial charge in [-0.15, -0.1) is 0 Å². The highest BCUT2D eigenvalue weighted by molar-refractivity contribution is 9.10. The van der Waals surface area contributed by atoms with Crippen molar-refractivity contribution in [3.05, 3.63) is 34.3 Å². The minimum absolute atomic E-state index is 0.0515. The second-order valence-electron chi connectivity index (χ2n) is 4.68. The Bertz CT molecular complexity index is 478.